The summed E-state index contributed by atoms with van der Waals surface area (Å²) < 4.78 is 11.4. The summed E-state index contributed by atoms with van der Waals surface area (Å²) in [4.78, 5) is 16.5. The van der Waals surface area contributed by atoms with Gasteiger partial charge in [0.25, 0.3) is 0 Å². The largest absolute Gasteiger partial charge is 0.497 e. The van der Waals surface area contributed by atoms with Crippen LogP contribution in [-0.4, -0.2) is 25.2 Å². The van der Waals surface area contributed by atoms with E-state index in [0.29, 0.717) is 22.3 Å². The predicted molar refractivity (Wildman–Crippen MR) is 91.8 cm³/mol. The van der Waals surface area contributed by atoms with Crippen LogP contribution in [0, 0.1) is 0 Å². The van der Waals surface area contributed by atoms with Crippen molar-refractivity contribution in [3.8, 4) is 11.5 Å². The van der Waals surface area contributed by atoms with Crippen LogP contribution in [0.25, 0.3) is 10.2 Å². The fraction of sp³-hybridized carbons (Fsp3) is 0.125. The monoisotopic (exact) mass is 329 g/mol. The second kappa shape index (κ2) is 6.53. The van der Waals surface area contributed by atoms with Crippen LogP contribution in [0.15, 0.2) is 42.5 Å². The van der Waals surface area contributed by atoms with Crippen LogP contribution in [0.2, 0.25) is 0 Å². The molecule has 0 unspecified atom stereocenters. The summed E-state index contributed by atoms with van der Waals surface area (Å²) in [7, 11) is 3.10. The first-order chi connectivity index (χ1) is 11.2. The second-order valence-electron chi connectivity index (χ2n) is 4.63. The van der Waals surface area contributed by atoms with Crippen LogP contribution in [0.1, 0.15) is 0 Å². The molecule has 1 heterocycles. The lowest BCUT2D eigenvalue weighted by molar-refractivity contribution is 0.262. The van der Waals surface area contributed by atoms with Gasteiger partial charge in [0.05, 0.1) is 30.1 Å². The molecule has 0 saturated carbocycles. The number of hydrogen-bond acceptors (Lipinski definition) is 5. The Hall–Kier alpha value is -2.80. The molecule has 0 spiro atoms. The molecular formula is C16H15N3O3S. The number of thiazole rings is 1. The zero-order chi connectivity index (χ0) is 16.2. The molecular weight excluding hydrogens is 314 g/mol. The van der Waals surface area contributed by atoms with Crippen molar-refractivity contribution < 1.29 is 14.3 Å². The lowest BCUT2D eigenvalue weighted by Crippen LogP contribution is -2.19. The Morgan fingerprint density at radius 2 is 1.91 bits per heavy atom. The van der Waals surface area contributed by atoms with E-state index in [2.05, 4.69) is 15.6 Å². The molecule has 0 atom stereocenters. The van der Waals surface area contributed by atoms with Crippen molar-refractivity contribution >= 4 is 38.4 Å². The third-order valence-electron chi connectivity index (χ3n) is 3.17. The van der Waals surface area contributed by atoms with Crippen molar-refractivity contribution in [2.75, 3.05) is 24.9 Å². The molecule has 0 saturated heterocycles. The number of hydrogen-bond donors (Lipinski definition) is 2. The quantitative estimate of drug-likeness (QED) is 0.760. The maximum atomic E-state index is 12.1. The standard InChI is InChI=1S/C16H15N3O3S/c1-21-10-7-8-11(13(9-10)22-2)17-15(20)19-16-18-12-5-3-4-6-14(12)23-16/h3-9H,1-2H3,(H2,17,18,19,20). The van der Waals surface area contributed by atoms with Gasteiger partial charge in [-0.2, -0.15) is 0 Å². The van der Waals surface area contributed by atoms with Crippen molar-refractivity contribution in [3.63, 3.8) is 0 Å². The first-order valence-electron chi connectivity index (χ1n) is 6.85. The molecule has 7 heteroatoms. The molecule has 0 aliphatic rings. The predicted octanol–water partition coefficient (Wildman–Crippen LogP) is 3.96. The second-order valence-corrected chi connectivity index (χ2v) is 5.66. The van der Waals surface area contributed by atoms with Crippen LogP contribution >= 0.6 is 11.3 Å². The van der Waals surface area contributed by atoms with E-state index in [9.17, 15) is 4.79 Å². The van der Waals surface area contributed by atoms with Gasteiger partial charge in [0.15, 0.2) is 5.13 Å². The molecule has 2 N–H and O–H groups in total. The van der Waals surface area contributed by atoms with Crippen LogP contribution in [0.5, 0.6) is 11.5 Å². The Kier molecular flexibility index (Phi) is 4.29. The van der Waals surface area contributed by atoms with Gasteiger partial charge < -0.3 is 14.8 Å². The minimum Gasteiger partial charge on any atom is -0.497 e. The molecule has 23 heavy (non-hydrogen) atoms. The third-order valence-corrected chi connectivity index (χ3v) is 4.12. The highest BCUT2D eigenvalue weighted by molar-refractivity contribution is 7.22. The number of nitrogens with one attached hydrogen (secondary N) is 2. The topological polar surface area (TPSA) is 72.5 Å². The van der Waals surface area contributed by atoms with Gasteiger partial charge in [-0.25, -0.2) is 9.78 Å². The highest BCUT2D eigenvalue weighted by Gasteiger charge is 2.11. The third kappa shape index (κ3) is 3.35. The number of aromatic nitrogens is 1. The number of ether oxygens (including phenoxy) is 2. The van der Waals surface area contributed by atoms with Crippen molar-refractivity contribution in [1.82, 2.24) is 4.98 Å². The molecule has 2 amide bonds. The maximum Gasteiger partial charge on any atom is 0.325 e. The SMILES string of the molecule is COc1ccc(NC(=O)Nc2nc3ccccc3s2)c(OC)c1. The van der Waals surface area contributed by atoms with Gasteiger partial charge in [0.1, 0.15) is 11.5 Å². The van der Waals surface area contributed by atoms with E-state index in [-0.39, 0.29) is 6.03 Å². The number of carbonyl (C=O) groups excluding carboxylic acids is 1. The number of methoxy groups -OCH3 is 2. The van der Waals surface area contributed by atoms with Crippen molar-refractivity contribution in [2.24, 2.45) is 0 Å². The van der Waals surface area contributed by atoms with Crippen molar-refractivity contribution in [2.45, 2.75) is 0 Å². The Labute approximate surface area is 137 Å². The summed E-state index contributed by atoms with van der Waals surface area (Å²) in [6.45, 7) is 0. The number of para-hydroxylation sites is 1. The highest BCUT2D eigenvalue weighted by Crippen LogP contribution is 2.30. The Morgan fingerprint density at radius 1 is 1.09 bits per heavy atom. The smallest absolute Gasteiger partial charge is 0.325 e. The van der Waals surface area contributed by atoms with Crippen molar-refractivity contribution in [1.29, 1.82) is 0 Å². The number of anilines is 2. The molecule has 0 bridgehead atoms. The van der Waals surface area contributed by atoms with Gasteiger partial charge in [-0.15, -0.1) is 0 Å². The lowest BCUT2D eigenvalue weighted by atomic mass is 10.2. The van der Waals surface area contributed by atoms with Crippen molar-refractivity contribution in [3.05, 3.63) is 42.5 Å². The zero-order valence-electron chi connectivity index (χ0n) is 12.6. The average Bonchev–Trinajstić information content (AvgIpc) is 2.97. The van der Waals surface area contributed by atoms with Gasteiger partial charge in [-0.05, 0) is 24.3 Å². The summed E-state index contributed by atoms with van der Waals surface area (Å²) in [5.74, 6) is 1.17. The molecule has 0 fully saturated rings. The molecule has 0 aliphatic carbocycles. The summed E-state index contributed by atoms with van der Waals surface area (Å²) in [6.07, 6.45) is 0. The molecule has 3 aromatic rings. The summed E-state index contributed by atoms with van der Waals surface area (Å²) in [5, 5.41) is 6.01. The first-order valence-corrected chi connectivity index (χ1v) is 7.67. The van der Waals surface area contributed by atoms with Gasteiger partial charge in [0.2, 0.25) is 0 Å². The number of benzene rings is 2. The Morgan fingerprint density at radius 3 is 2.65 bits per heavy atom. The van der Waals surface area contributed by atoms with Gasteiger partial charge >= 0.3 is 6.03 Å². The minimum absolute atomic E-state index is 0.382. The number of carbonyl (C=O) groups is 1. The molecule has 1 aromatic heterocycles. The van der Waals surface area contributed by atoms with Gasteiger partial charge in [-0.1, -0.05) is 23.5 Å². The van der Waals surface area contributed by atoms with Crippen LogP contribution in [0.4, 0.5) is 15.6 Å². The molecule has 0 radical (unpaired) electrons. The average molecular weight is 329 g/mol. The Bertz CT molecular complexity index is 814. The molecule has 2 aromatic carbocycles. The van der Waals surface area contributed by atoms with E-state index in [4.69, 9.17) is 9.47 Å². The normalized spacial score (nSPS) is 10.3. The zero-order valence-corrected chi connectivity index (χ0v) is 13.4. The molecule has 0 aliphatic heterocycles. The first kappa shape index (κ1) is 15.1. The molecule has 3 rings (SSSR count). The molecule has 6 nitrogen and oxygen atoms in total. The minimum atomic E-state index is -0.382. The van der Waals surface area contributed by atoms with Crippen LogP contribution in [0.3, 0.4) is 0 Å². The van der Waals surface area contributed by atoms with Crippen LogP contribution in [-0.2, 0) is 0 Å². The fourth-order valence-corrected chi connectivity index (χ4v) is 2.94. The number of nitrogens with zero attached hydrogens (tertiary/aromatic N) is 1. The number of rotatable bonds is 4. The fourth-order valence-electron chi connectivity index (χ4n) is 2.08. The summed E-state index contributed by atoms with van der Waals surface area (Å²) >= 11 is 1.42. The number of urea groups is 1. The van der Waals surface area contributed by atoms with E-state index >= 15 is 0 Å². The van der Waals surface area contributed by atoms with Gasteiger partial charge in [0, 0.05) is 6.07 Å². The Balaban J connectivity index is 1.74. The molecule has 118 valence electrons. The highest BCUT2D eigenvalue weighted by atomic mass is 32.1. The lowest BCUT2D eigenvalue weighted by Gasteiger charge is -2.11. The number of fused-ring (bicyclic) bond motifs is 1. The number of amides is 2. The van der Waals surface area contributed by atoms with E-state index in [1.165, 1.54) is 18.4 Å². The van der Waals surface area contributed by atoms with Gasteiger partial charge in [-0.3, -0.25) is 5.32 Å². The maximum absolute atomic E-state index is 12.1. The van der Waals surface area contributed by atoms with E-state index in [0.717, 1.165) is 10.2 Å². The van der Waals surface area contributed by atoms with E-state index in [1.807, 2.05) is 24.3 Å². The van der Waals surface area contributed by atoms with E-state index in [1.54, 1.807) is 25.3 Å². The summed E-state index contributed by atoms with van der Waals surface area (Å²) in [6, 6.07) is 12.5. The van der Waals surface area contributed by atoms with E-state index < -0.39 is 0 Å². The summed E-state index contributed by atoms with van der Waals surface area (Å²) in [5.41, 5.74) is 1.40. The van der Waals surface area contributed by atoms with Crippen LogP contribution < -0.4 is 20.1 Å².